The first-order valence-electron chi connectivity index (χ1n) is 8.97. The summed E-state index contributed by atoms with van der Waals surface area (Å²) in [5.74, 6) is 2.04. The van der Waals surface area contributed by atoms with Crippen LogP contribution in [0.5, 0.6) is 17.2 Å². The van der Waals surface area contributed by atoms with Crippen LogP contribution in [-0.2, 0) is 0 Å². The van der Waals surface area contributed by atoms with Gasteiger partial charge in [0, 0.05) is 24.5 Å². The van der Waals surface area contributed by atoms with Crippen LogP contribution in [0.15, 0.2) is 23.6 Å². The molecule has 1 aromatic heterocycles. The zero-order valence-corrected chi connectivity index (χ0v) is 16.8. The molecule has 1 aliphatic heterocycles. The molecule has 1 fully saturated rings. The summed E-state index contributed by atoms with van der Waals surface area (Å²) in [6.07, 6.45) is 1.14. The van der Waals surface area contributed by atoms with Crippen molar-refractivity contribution in [2.75, 3.05) is 47.5 Å². The van der Waals surface area contributed by atoms with E-state index in [2.05, 4.69) is 40.7 Å². The van der Waals surface area contributed by atoms with Crippen LogP contribution in [-0.4, -0.2) is 52.4 Å². The fraction of sp³-hybridized carbons (Fsp3) is 0.500. The topological polar surface area (TPSA) is 43.0 Å². The van der Waals surface area contributed by atoms with Gasteiger partial charge in [-0.2, -0.15) is 0 Å². The second-order valence-corrected chi connectivity index (χ2v) is 7.47. The van der Waals surface area contributed by atoms with E-state index in [9.17, 15) is 0 Å². The van der Waals surface area contributed by atoms with E-state index in [-0.39, 0.29) is 6.04 Å². The Morgan fingerprint density at radius 2 is 1.73 bits per heavy atom. The predicted octanol–water partition coefficient (Wildman–Crippen LogP) is 3.47. The standard InChI is InChI=1S/C20H28N2O3S/c1-14-10-18(26-13-14)19(22-8-5-6-21-7-9-22)15-11-16(23-2)20(25-4)17(12-15)24-3/h10-13,19,21H,5-9H2,1-4H3. The van der Waals surface area contributed by atoms with Crippen molar-refractivity contribution in [3.8, 4) is 17.2 Å². The fourth-order valence-corrected chi connectivity index (χ4v) is 4.59. The Bertz CT molecular complexity index is 699. The summed E-state index contributed by atoms with van der Waals surface area (Å²) in [5, 5.41) is 5.71. The molecule has 142 valence electrons. The first-order valence-corrected chi connectivity index (χ1v) is 9.85. The third-order valence-corrected chi connectivity index (χ3v) is 5.87. The Morgan fingerprint density at radius 1 is 1.00 bits per heavy atom. The van der Waals surface area contributed by atoms with Crippen molar-refractivity contribution < 1.29 is 14.2 Å². The molecule has 1 aromatic carbocycles. The Labute approximate surface area is 159 Å². The molecule has 0 aliphatic carbocycles. The maximum Gasteiger partial charge on any atom is 0.203 e. The Morgan fingerprint density at radius 3 is 2.31 bits per heavy atom. The van der Waals surface area contributed by atoms with E-state index in [4.69, 9.17) is 14.2 Å². The van der Waals surface area contributed by atoms with Gasteiger partial charge in [-0.05, 0) is 54.6 Å². The van der Waals surface area contributed by atoms with Gasteiger partial charge in [0.25, 0.3) is 0 Å². The molecule has 1 saturated heterocycles. The van der Waals surface area contributed by atoms with Crippen LogP contribution in [0.25, 0.3) is 0 Å². The Kier molecular flexibility index (Phi) is 6.40. The quantitative estimate of drug-likeness (QED) is 0.836. The first-order chi connectivity index (χ1) is 12.7. The summed E-state index contributed by atoms with van der Waals surface area (Å²) >= 11 is 1.81. The van der Waals surface area contributed by atoms with E-state index < -0.39 is 0 Å². The molecule has 1 atom stereocenters. The number of thiophene rings is 1. The van der Waals surface area contributed by atoms with Crippen LogP contribution >= 0.6 is 11.3 Å². The lowest BCUT2D eigenvalue weighted by atomic mass is 10.0. The van der Waals surface area contributed by atoms with E-state index in [1.807, 2.05) is 11.3 Å². The lowest BCUT2D eigenvalue weighted by Gasteiger charge is -2.31. The molecule has 5 nitrogen and oxygen atoms in total. The summed E-state index contributed by atoms with van der Waals surface area (Å²) in [7, 11) is 4.98. The summed E-state index contributed by atoms with van der Waals surface area (Å²) in [6.45, 7) is 6.30. The largest absolute Gasteiger partial charge is 0.493 e. The minimum atomic E-state index is 0.183. The summed E-state index contributed by atoms with van der Waals surface area (Å²) in [6, 6.07) is 6.64. The summed E-state index contributed by atoms with van der Waals surface area (Å²) in [4.78, 5) is 3.89. The minimum absolute atomic E-state index is 0.183. The molecule has 6 heteroatoms. The lowest BCUT2D eigenvalue weighted by Crippen LogP contribution is -2.32. The van der Waals surface area contributed by atoms with Crippen LogP contribution < -0.4 is 19.5 Å². The molecule has 1 N–H and O–H groups in total. The van der Waals surface area contributed by atoms with E-state index in [0.29, 0.717) is 17.2 Å². The zero-order chi connectivity index (χ0) is 18.5. The van der Waals surface area contributed by atoms with E-state index in [0.717, 1.165) is 32.6 Å². The van der Waals surface area contributed by atoms with E-state index >= 15 is 0 Å². The molecule has 1 aliphatic rings. The maximum absolute atomic E-state index is 5.59. The molecular weight excluding hydrogens is 348 g/mol. The van der Waals surface area contributed by atoms with Gasteiger partial charge >= 0.3 is 0 Å². The van der Waals surface area contributed by atoms with Gasteiger partial charge in [0.2, 0.25) is 5.75 Å². The van der Waals surface area contributed by atoms with E-state index in [1.165, 1.54) is 16.0 Å². The molecule has 0 saturated carbocycles. The number of ether oxygens (including phenoxy) is 3. The smallest absolute Gasteiger partial charge is 0.203 e. The molecule has 1 unspecified atom stereocenters. The highest BCUT2D eigenvalue weighted by molar-refractivity contribution is 7.10. The fourth-order valence-electron chi connectivity index (χ4n) is 3.54. The lowest BCUT2D eigenvalue weighted by molar-refractivity contribution is 0.242. The average Bonchev–Trinajstić information content (AvgIpc) is 2.91. The number of rotatable bonds is 6. The highest BCUT2D eigenvalue weighted by atomic mass is 32.1. The normalized spacial score (nSPS) is 16.8. The van der Waals surface area contributed by atoms with Gasteiger partial charge in [0.1, 0.15) is 0 Å². The Hall–Kier alpha value is -1.76. The van der Waals surface area contributed by atoms with Gasteiger partial charge < -0.3 is 19.5 Å². The van der Waals surface area contributed by atoms with Crippen LogP contribution in [0.2, 0.25) is 0 Å². The first kappa shape index (κ1) is 19.0. The number of methoxy groups -OCH3 is 3. The molecular formula is C20H28N2O3S. The zero-order valence-electron chi connectivity index (χ0n) is 16.0. The van der Waals surface area contributed by atoms with Crippen molar-refractivity contribution in [2.45, 2.75) is 19.4 Å². The van der Waals surface area contributed by atoms with Gasteiger partial charge in [-0.3, -0.25) is 4.90 Å². The van der Waals surface area contributed by atoms with Crippen LogP contribution in [0, 0.1) is 6.92 Å². The number of benzene rings is 1. The predicted molar refractivity (Wildman–Crippen MR) is 106 cm³/mol. The number of nitrogens with zero attached hydrogens (tertiary/aromatic N) is 1. The molecule has 0 bridgehead atoms. The van der Waals surface area contributed by atoms with E-state index in [1.54, 1.807) is 21.3 Å². The molecule has 3 rings (SSSR count). The van der Waals surface area contributed by atoms with Crippen molar-refractivity contribution in [3.63, 3.8) is 0 Å². The summed E-state index contributed by atoms with van der Waals surface area (Å²) < 4.78 is 16.7. The molecule has 26 heavy (non-hydrogen) atoms. The molecule has 2 aromatic rings. The van der Waals surface area contributed by atoms with Crippen molar-refractivity contribution in [3.05, 3.63) is 39.6 Å². The van der Waals surface area contributed by atoms with Gasteiger partial charge in [-0.1, -0.05) is 0 Å². The van der Waals surface area contributed by atoms with Crippen molar-refractivity contribution in [1.82, 2.24) is 10.2 Å². The monoisotopic (exact) mass is 376 g/mol. The number of hydrogen-bond acceptors (Lipinski definition) is 6. The molecule has 0 spiro atoms. The number of hydrogen-bond donors (Lipinski definition) is 1. The Balaban J connectivity index is 2.08. The number of nitrogens with one attached hydrogen (secondary N) is 1. The molecule has 0 radical (unpaired) electrons. The molecule has 0 amide bonds. The SMILES string of the molecule is COc1cc(C(c2cc(C)cs2)N2CCCNCC2)cc(OC)c1OC. The molecule has 2 heterocycles. The van der Waals surface area contributed by atoms with Crippen LogP contribution in [0.4, 0.5) is 0 Å². The van der Waals surface area contributed by atoms with Gasteiger partial charge in [-0.15, -0.1) is 11.3 Å². The van der Waals surface area contributed by atoms with Gasteiger partial charge in [0.15, 0.2) is 11.5 Å². The highest BCUT2D eigenvalue weighted by Gasteiger charge is 2.27. The second-order valence-electron chi connectivity index (χ2n) is 6.53. The second kappa shape index (κ2) is 8.75. The van der Waals surface area contributed by atoms with Crippen LogP contribution in [0.1, 0.15) is 28.5 Å². The number of aryl methyl sites for hydroxylation is 1. The van der Waals surface area contributed by atoms with Gasteiger partial charge in [0.05, 0.1) is 27.4 Å². The third kappa shape index (κ3) is 3.98. The van der Waals surface area contributed by atoms with Crippen molar-refractivity contribution in [1.29, 1.82) is 0 Å². The maximum atomic E-state index is 5.59. The van der Waals surface area contributed by atoms with Crippen molar-refractivity contribution in [2.24, 2.45) is 0 Å². The minimum Gasteiger partial charge on any atom is -0.493 e. The average molecular weight is 377 g/mol. The van der Waals surface area contributed by atoms with Crippen LogP contribution in [0.3, 0.4) is 0 Å². The third-order valence-electron chi connectivity index (χ3n) is 4.76. The highest BCUT2D eigenvalue weighted by Crippen LogP contribution is 2.43. The summed E-state index contributed by atoms with van der Waals surface area (Å²) in [5.41, 5.74) is 2.47. The van der Waals surface area contributed by atoms with Crippen molar-refractivity contribution >= 4 is 11.3 Å². The van der Waals surface area contributed by atoms with Gasteiger partial charge in [-0.25, -0.2) is 0 Å².